The van der Waals surface area contributed by atoms with Crippen LogP contribution in [0.1, 0.15) is 18.1 Å². The van der Waals surface area contributed by atoms with E-state index in [-0.39, 0.29) is 35.1 Å². The summed E-state index contributed by atoms with van der Waals surface area (Å²) in [5.74, 6) is 0. The monoisotopic (exact) mass is 505 g/mol. The number of alkyl halides is 3. The highest BCUT2D eigenvalue weighted by molar-refractivity contribution is 6.32. The quantitative estimate of drug-likeness (QED) is 0.387. The Morgan fingerprint density at radius 2 is 1.69 bits per heavy atom. The van der Waals surface area contributed by atoms with Gasteiger partial charge in [0.1, 0.15) is 0 Å². The summed E-state index contributed by atoms with van der Waals surface area (Å²) < 4.78 is 40.9. The van der Waals surface area contributed by atoms with E-state index in [9.17, 15) is 27.9 Å². The lowest BCUT2D eigenvalue weighted by molar-refractivity contribution is -0.137. The zero-order valence-corrected chi connectivity index (χ0v) is 19.7. The van der Waals surface area contributed by atoms with Crippen molar-refractivity contribution in [2.45, 2.75) is 19.7 Å². The van der Waals surface area contributed by atoms with Crippen LogP contribution < -0.4 is 14.7 Å². The van der Waals surface area contributed by atoms with E-state index >= 15 is 0 Å². The van der Waals surface area contributed by atoms with E-state index in [0.717, 1.165) is 21.9 Å². The maximum absolute atomic E-state index is 13.8. The molecule has 0 bridgehead atoms. The molecule has 6 nitrogen and oxygen atoms in total. The number of imide groups is 1. The van der Waals surface area contributed by atoms with Gasteiger partial charge >= 0.3 is 12.2 Å². The highest BCUT2D eigenvalue weighted by Crippen LogP contribution is 2.40. The van der Waals surface area contributed by atoms with Crippen molar-refractivity contribution in [3.8, 4) is 0 Å². The van der Waals surface area contributed by atoms with Crippen molar-refractivity contribution in [1.29, 1.82) is 0 Å². The Kier molecular flexibility index (Phi) is 8.03. The van der Waals surface area contributed by atoms with Crippen molar-refractivity contribution >= 4 is 46.8 Å². The fourth-order valence-electron chi connectivity index (χ4n) is 3.44. The number of hydrogen-bond donors (Lipinski definition) is 1. The number of para-hydroxylation sites is 1. The van der Waals surface area contributed by atoms with E-state index in [1.165, 1.54) is 24.3 Å². The summed E-state index contributed by atoms with van der Waals surface area (Å²) in [4.78, 5) is 29.4. The maximum atomic E-state index is 13.8. The van der Waals surface area contributed by atoms with E-state index < -0.39 is 17.8 Å². The van der Waals surface area contributed by atoms with Crippen LogP contribution in [0.4, 0.5) is 40.7 Å². The lowest BCUT2D eigenvalue weighted by Gasteiger charge is -2.32. The predicted molar refractivity (Wildman–Crippen MR) is 130 cm³/mol. The average Bonchev–Trinajstić information content (AvgIpc) is 2.84. The largest absolute Gasteiger partial charge is 0.416 e. The minimum atomic E-state index is -4.65. The molecule has 0 spiro atoms. The molecule has 35 heavy (non-hydrogen) atoms. The number of halogens is 4. The Balaban J connectivity index is 2.24. The summed E-state index contributed by atoms with van der Waals surface area (Å²) in [5.41, 5.74) is 0.0985. The standard InChI is InChI=1S/C25H23ClF3N3O3/c1-3-30(2)22-12-10-18(25(27,28)29)13-23(22)32(19-7-5-4-6-8-19)24(35)31(16-34)20-11-9-17(15-33)21(26)14-20/h4-14,16,33H,3,15H2,1-2H3. The Hall–Kier alpha value is -3.56. The molecule has 0 fully saturated rings. The molecular formula is C25H23ClF3N3O3. The molecule has 0 aromatic heterocycles. The second-order valence-electron chi connectivity index (χ2n) is 7.58. The molecule has 3 aromatic rings. The van der Waals surface area contributed by atoms with Crippen molar-refractivity contribution in [3.63, 3.8) is 0 Å². The van der Waals surface area contributed by atoms with Gasteiger partial charge < -0.3 is 10.0 Å². The van der Waals surface area contributed by atoms with Crippen LogP contribution in [0.2, 0.25) is 5.02 Å². The molecule has 184 valence electrons. The molecule has 0 atom stereocenters. The normalized spacial score (nSPS) is 11.2. The van der Waals surface area contributed by atoms with E-state index in [1.807, 2.05) is 6.92 Å². The first-order valence-electron chi connectivity index (χ1n) is 10.6. The van der Waals surface area contributed by atoms with Crippen LogP contribution in [0.5, 0.6) is 0 Å². The summed E-state index contributed by atoms with van der Waals surface area (Å²) in [6.07, 6.45) is -4.39. The zero-order chi connectivity index (χ0) is 25.8. The number of carbonyl (C=O) groups is 2. The molecule has 0 heterocycles. The molecule has 0 aliphatic carbocycles. The molecule has 0 unspecified atom stereocenters. The fourth-order valence-corrected chi connectivity index (χ4v) is 3.67. The van der Waals surface area contributed by atoms with Crippen molar-refractivity contribution in [1.82, 2.24) is 0 Å². The summed E-state index contributed by atoms with van der Waals surface area (Å²) >= 11 is 6.15. The minimum absolute atomic E-state index is 0.0506. The number of benzene rings is 3. The molecule has 0 aliphatic rings. The molecule has 0 saturated heterocycles. The molecule has 3 rings (SSSR count). The van der Waals surface area contributed by atoms with Gasteiger partial charge in [-0.3, -0.25) is 9.69 Å². The number of aliphatic hydroxyl groups excluding tert-OH is 1. The van der Waals surface area contributed by atoms with Gasteiger partial charge in [-0.05, 0) is 55.0 Å². The topological polar surface area (TPSA) is 64.1 Å². The Bertz CT molecular complexity index is 1210. The van der Waals surface area contributed by atoms with E-state index in [4.69, 9.17) is 11.6 Å². The van der Waals surface area contributed by atoms with Gasteiger partial charge in [-0.25, -0.2) is 9.69 Å². The molecule has 1 N–H and O–H groups in total. The fraction of sp³-hybridized carbons (Fsp3) is 0.200. The van der Waals surface area contributed by atoms with Gasteiger partial charge in [0, 0.05) is 18.6 Å². The summed E-state index contributed by atoms with van der Waals surface area (Å²) in [6, 6.07) is 14.5. The Labute approximate surface area is 205 Å². The number of carbonyl (C=O) groups excluding carboxylic acids is 2. The summed E-state index contributed by atoms with van der Waals surface area (Å²) in [7, 11) is 1.69. The number of nitrogens with zero attached hydrogens (tertiary/aromatic N) is 3. The smallest absolute Gasteiger partial charge is 0.392 e. The van der Waals surface area contributed by atoms with Gasteiger partial charge in [0.05, 0.1) is 34.9 Å². The molecular weight excluding hydrogens is 483 g/mol. The van der Waals surface area contributed by atoms with Crippen LogP contribution in [-0.2, 0) is 17.6 Å². The van der Waals surface area contributed by atoms with Crippen molar-refractivity contribution in [3.05, 3.63) is 82.9 Å². The third-order valence-electron chi connectivity index (χ3n) is 5.43. The first kappa shape index (κ1) is 26.1. The number of aliphatic hydroxyl groups is 1. The van der Waals surface area contributed by atoms with Gasteiger partial charge in [0.25, 0.3) is 0 Å². The molecule has 0 radical (unpaired) electrons. The first-order valence-corrected chi connectivity index (χ1v) is 11.0. The third kappa shape index (κ3) is 5.58. The molecule has 0 aliphatic heterocycles. The van der Waals surface area contributed by atoms with Crippen molar-refractivity contribution in [2.75, 3.05) is 28.3 Å². The van der Waals surface area contributed by atoms with Crippen LogP contribution in [0, 0.1) is 0 Å². The lowest BCUT2D eigenvalue weighted by atomic mass is 10.1. The van der Waals surface area contributed by atoms with E-state index in [1.54, 1.807) is 42.3 Å². The lowest BCUT2D eigenvalue weighted by Crippen LogP contribution is -2.41. The molecule has 0 saturated carbocycles. The number of urea groups is 1. The first-order chi connectivity index (χ1) is 16.6. The Morgan fingerprint density at radius 3 is 2.23 bits per heavy atom. The number of hydrogen-bond acceptors (Lipinski definition) is 4. The van der Waals surface area contributed by atoms with Crippen LogP contribution >= 0.6 is 11.6 Å². The highest BCUT2D eigenvalue weighted by atomic mass is 35.5. The number of anilines is 4. The van der Waals surface area contributed by atoms with Crippen LogP contribution in [0.15, 0.2) is 66.7 Å². The second-order valence-corrected chi connectivity index (χ2v) is 7.99. The van der Waals surface area contributed by atoms with Gasteiger partial charge in [-0.15, -0.1) is 0 Å². The molecule has 3 aromatic carbocycles. The van der Waals surface area contributed by atoms with Crippen LogP contribution in [-0.4, -0.2) is 31.1 Å². The molecule has 3 amide bonds. The summed E-state index contributed by atoms with van der Waals surface area (Å²) in [6.45, 7) is 1.92. The minimum Gasteiger partial charge on any atom is -0.392 e. The summed E-state index contributed by atoms with van der Waals surface area (Å²) in [5, 5.41) is 9.48. The number of rotatable bonds is 7. The van der Waals surface area contributed by atoms with Crippen molar-refractivity contribution < 1.29 is 27.9 Å². The zero-order valence-electron chi connectivity index (χ0n) is 19.0. The number of amides is 3. The van der Waals surface area contributed by atoms with Gasteiger partial charge in [-0.1, -0.05) is 35.9 Å². The maximum Gasteiger partial charge on any atom is 0.416 e. The van der Waals surface area contributed by atoms with Gasteiger partial charge in [-0.2, -0.15) is 13.2 Å². The average molecular weight is 506 g/mol. The third-order valence-corrected chi connectivity index (χ3v) is 5.78. The van der Waals surface area contributed by atoms with Crippen LogP contribution in [0.25, 0.3) is 0 Å². The van der Waals surface area contributed by atoms with Crippen LogP contribution in [0.3, 0.4) is 0 Å². The SMILES string of the molecule is CCN(C)c1ccc(C(F)(F)F)cc1N(C(=O)N(C=O)c1ccc(CO)c(Cl)c1)c1ccccc1. The van der Waals surface area contributed by atoms with E-state index in [0.29, 0.717) is 17.8 Å². The van der Waals surface area contributed by atoms with E-state index in [2.05, 4.69) is 0 Å². The Morgan fingerprint density at radius 1 is 1.00 bits per heavy atom. The highest BCUT2D eigenvalue weighted by Gasteiger charge is 2.34. The van der Waals surface area contributed by atoms with Crippen molar-refractivity contribution in [2.24, 2.45) is 0 Å². The van der Waals surface area contributed by atoms with Gasteiger partial charge in [0.2, 0.25) is 6.41 Å². The predicted octanol–water partition coefficient (Wildman–Crippen LogP) is 6.23. The van der Waals surface area contributed by atoms with Gasteiger partial charge in [0.15, 0.2) is 0 Å². The molecule has 10 heteroatoms. The second kappa shape index (κ2) is 10.8.